The molecule has 1 aliphatic rings. The topological polar surface area (TPSA) is 41.1 Å². The highest BCUT2D eigenvalue weighted by molar-refractivity contribution is 14.1. The lowest BCUT2D eigenvalue weighted by atomic mass is 10.0. The molecule has 90 valence electrons. The van der Waals surface area contributed by atoms with Crippen LogP contribution >= 0.6 is 22.6 Å². The van der Waals surface area contributed by atoms with Crippen LogP contribution in [0.4, 0.5) is 5.69 Å². The van der Waals surface area contributed by atoms with Crippen LogP contribution in [0.2, 0.25) is 0 Å². The van der Waals surface area contributed by atoms with Crippen molar-refractivity contribution in [3.63, 3.8) is 0 Å². The van der Waals surface area contributed by atoms with Gasteiger partial charge in [-0.2, -0.15) is 0 Å². The van der Waals surface area contributed by atoms with Gasteiger partial charge in [-0.3, -0.25) is 4.79 Å². The SMILES string of the molecule is CC(C(=O)Nc1ccc(C)c(I)c1)=C1CNC1. The molecule has 0 unspecified atom stereocenters. The van der Waals surface area contributed by atoms with Crippen molar-refractivity contribution < 1.29 is 4.79 Å². The Kier molecular flexibility index (Phi) is 3.83. The van der Waals surface area contributed by atoms with E-state index < -0.39 is 0 Å². The Morgan fingerprint density at radius 2 is 2.12 bits per heavy atom. The fourth-order valence-corrected chi connectivity index (χ4v) is 2.09. The maximum Gasteiger partial charge on any atom is 0.251 e. The standard InChI is InChI=1S/C13H15IN2O/c1-8-3-4-11(5-12(8)14)16-13(17)9(2)10-6-15-7-10/h3-5,15H,6-7H2,1-2H3,(H,16,17). The van der Waals surface area contributed by atoms with Gasteiger partial charge in [0.25, 0.3) is 5.91 Å². The molecule has 1 saturated heterocycles. The van der Waals surface area contributed by atoms with Gasteiger partial charge in [0.15, 0.2) is 0 Å². The molecule has 0 aromatic heterocycles. The van der Waals surface area contributed by atoms with Crippen molar-refractivity contribution in [3.05, 3.63) is 38.5 Å². The maximum absolute atomic E-state index is 11.9. The van der Waals surface area contributed by atoms with Gasteiger partial charge in [-0.25, -0.2) is 0 Å². The van der Waals surface area contributed by atoms with E-state index in [0.29, 0.717) is 0 Å². The summed E-state index contributed by atoms with van der Waals surface area (Å²) in [6, 6.07) is 5.95. The molecular formula is C13H15IN2O. The van der Waals surface area contributed by atoms with Crippen molar-refractivity contribution in [1.82, 2.24) is 5.32 Å². The molecule has 0 radical (unpaired) electrons. The molecule has 1 aliphatic heterocycles. The number of hydrogen-bond acceptors (Lipinski definition) is 2. The van der Waals surface area contributed by atoms with Crippen LogP contribution in [0.1, 0.15) is 12.5 Å². The number of halogens is 1. The minimum Gasteiger partial charge on any atom is -0.322 e. The van der Waals surface area contributed by atoms with Gasteiger partial charge < -0.3 is 10.6 Å². The van der Waals surface area contributed by atoms with Crippen LogP contribution in [0.25, 0.3) is 0 Å². The predicted octanol–water partition coefficient (Wildman–Crippen LogP) is 2.46. The van der Waals surface area contributed by atoms with E-state index in [1.807, 2.05) is 25.1 Å². The van der Waals surface area contributed by atoms with Crippen LogP contribution in [0, 0.1) is 10.5 Å². The third-order valence-corrected chi connectivity index (χ3v) is 4.14. The molecule has 1 aromatic rings. The molecule has 4 heteroatoms. The van der Waals surface area contributed by atoms with Crippen LogP contribution in [0.5, 0.6) is 0 Å². The average molecular weight is 342 g/mol. The Morgan fingerprint density at radius 3 is 2.65 bits per heavy atom. The van der Waals surface area contributed by atoms with E-state index >= 15 is 0 Å². The van der Waals surface area contributed by atoms with Crippen LogP contribution < -0.4 is 10.6 Å². The minimum absolute atomic E-state index is 0.00107. The van der Waals surface area contributed by atoms with E-state index in [9.17, 15) is 4.79 Å². The predicted molar refractivity (Wildman–Crippen MR) is 78.1 cm³/mol. The van der Waals surface area contributed by atoms with Gasteiger partial charge in [-0.1, -0.05) is 6.07 Å². The summed E-state index contributed by atoms with van der Waals surface area (Å²) in [7, 11) is 0. The molecule has 1 amide bonds. The van der Waals surface area contributed by atoms with Gasteiger partial charge in [-0.05, 0) is 59.7 Å². The quantitative estimate of drug-likeness (QED) is 0.640. The number of aryl methyl sites for hydroxylation is 1. The first-order chi connectivity index (χ1) is 8.08. The number of amides is 1. The minimum atomic E-state index is 0.00107. The molecule has 2 N–H and O–H groups in total. The largest absolute Gasteiger partial charge is 0.322 e. The van der Waals surface area contributed by atoms with E-state index in [1.54, 1.807) is 0 Å². The van der Waals surface area contributed by atoms with Gasteiger partial charge in [-0.15, -0.1) is 0 Å². The molecule has 1 heterocycles. The summed E-state index contributed by atoms with van der Waals surface area (Å²) in [5, 5.41) is 6.07. The van der Waals surface area contributed by atoms with Gasteiger partial charge >= 0.3 is 0 Å². The molecule has 0 spiro atoms. The third-order valence-electron chi connectivity index (χ3n) is 2.98. The monoisotopic (exact) mass is 342 g/mol. The number of benzene rings is 1. The Balaban J connectivity index is 2.10. The fourth-order valence-electron chi connectivity index (χ4n) is 1.57. The third kappa shape index (κ3) is 2.87. The molecule has 1 aromatic carbocycles. The lowest BCUT2D eigenvalue weighted by molar-refractivity contribution is -0.112. The second-order valence-electron chi connectivity index (χ2n) is 4.25. The van der Waals surface area contributed by atoms with Crippen molar-refractivity contribution in [2.75, 3.05) is 18.4 Å². The van der Waals surface area contributed by atoms with E-state index in [-0.39, 0.29) is 5.91 Å². The van der Waals surface area contributed by atoms with Crippen LogP contribution in [0.15, 0.2) is 29.3 Å². The van der Waals surface area contributed by atoms with Gasteiger partial charge in [0.05, 0.1) is 0 Å². The average Bonchev–Trinajstić information content (AvgIpc) is 2.21. The summed E-state index contributed by atoms with van der Waals surface area (Å²) in [5.41, 5.74) is 4.11. The highest BCUT2D eigenvalue weighted by Gasteiger charge is 2.16. The number of hydrogen-bond donors (Lipinski definition) is 2. The second-order valence-corrected chi connectivity index (χ2v) is 5.41. The number of carbonyl (C=O) groups excluding carboxylic acids is 1. The Bertz CT molecular complexity index is 488. The molecule has 0 bridgehead atoms. The van der Waals surface area contributed by atoms with Crippen molar-refractivity contribution >= 4 is 34.2 Å². The number of nitrogens with one attached hydrogen (secondary N) is 2. The molecule has 0 atom stereocenters. The van der Waals surface area contributed by atoms with E-state index in [4.69, 9.17) is 0 Å². The Hall–Kier alpha value is -0.880. The molecule has 0 saturated carbocycles. The molecule has 1 fully saturated rings. The normalized spacial score (nSPS) is 14.2. The second kappa shape index (κ2) is 5.18. The van der Waals surface area contributed by atoms with Crippen LogP contribution in [0.3, 0.4) is 0 Å². The van der Waals surface area contributed by atoms with E-state index in [2.05, 4.69) is 40.1 Å². The number of rotatable bonds is 2. The highest BCUT2D eigenvalue weighted by atomic mass is 127. The Morgan fingerprint density at radius 1 is 1.41 bits per heavy atom. The Labute approximate surface area is 115 Å². The smallest absolute Gasteiger partial charge is 0.251 e. The highest BCUT2D eigenvalue weighted by Crippen LogP contribution is 2.18. The van der Waals surface area contributed by atoms with Gasteiger partial charge in [0, 0.05) is 27.9 Å². The van der Waals surface area contributed by atoms with Crippen molar-refractivity contribution in [3.8, 4) is 0 Å². The van der Waals surface area contributed by atoms with Gasteiger partial charge in [0.1, 0.15) is 0 Å². The molecular weight excluding hydrogens is 327 g/mol. The zero-order chi connectivity index (χ0) is 12.4. The molecule has 0 aliphatic carbocycles. The zero-order valence-electron chi connectivity index (χ0n) is 9.93. The van der Waals surface area contributed by atoms with Crippen LogP contribution in [-0.2, 0) is 4.79 Å². The van der Waals surface area contributed by atoms with Crippen LogP contribution in [-0.4, -0.2) is 19.0 Å². The summed E-state index contributed by atoms with van der Waals surface area (Å²) in [6.07, 6.45) is 0. The first kappa shape index (κ1) is 12.6. The van der Waals surface area contributed by atoms with Gasteiger partial charge in [0.2, 0.25) is 0 Å². The fraction of sp³-hybridized carbons (Fsp3) is 0.308. The zero-order valence-corrected chi connectivity index (χ0v) is 12.1. The van der Waals surface area contributed by atoms with E-state index in [1.165, 1.54) is 11.1 Å². The summed E-state index contributed by atoms with van der Waals surface area (Å²) in [4.78, 5) is 11.9. The summed E-state index contributed by atoms with van der Waals surface area (Å²) in [5.74, 6) is 0.00107. The summed E-state index contributed by atoms with van der Waals surface area (Å²) in [6.45, 7) is 5.61. The lowest BCUT2D eigenvalue weighted by Gasteiger charge is -2.21. The molecule has 3 nitrogen and oxygen atoms in total. The summed E-state index contributed by atoms with van der Waals surface area (Å²) < 4.78 is 1.16. The number of anilines is 1. The first-order valence-electron chi connectivity index (χ1n) is 5.55. The lowest BCUT2D eigenvalue weighted by Crippen LogP contribution is -2.36. The molecule has 17 heavy (non-hydrogen) atoms. The van der Waals surface area contributed by atoms with Crippen molar-refractivity contribution in [1.29, 1.82) is 0 Å². The first-order valence-corrected chi connectivity index (χ1v) is 6.62. The summed E-state index contributed by atoms with van der Waals surface area (Å²) >= 11 is 2.27. The molecule has 2 rings (SSSR count). The van der Waals surface area contributed by atoms with Crippen molar-refractivity contribution in [2.24, 2.45) is 0 Å². The van der Waals surface area contributed by atoms with E-state index in [0.717, 1.165) is 27.9 Å². The maximum atomic E-state index is 11.9. The number of carbonyl (C=O) groups is 1. The van der Waals surface area contributed by atoms with Crippen molar-refractivity contribution in [2.45, 2.75) is 13.8 Å².